The summed E-state index contributed by atoms with van der Waals surface area (Å²) in [6.45, 7) is 9.25. The molecule has 0 unspecified atom stereocenters. The fourth-order valence-electron chi connectivity index (χ4n) is 5.29. The number of rotatable bonds is 4. The first-order valence-corrected chi connectivity index (χ1v) is 14.4. The minimum Gasteiger partial charge on any atom is -0.444 e. The van der Waals surface area contributed by atoms with Crippen LogP contribution in [0.25, 0.3) is 11.2 Å². The number of amides is 1. The summed E-state index contributed by atoms with van der Waals surface area (Å²) in [7, 11) is -1.99. The molecule has 12 heteroatoms. The Morgan fingerprint density at radius 2 is 1.87 bits per heavy atom. The molecule has 0 atom stereocenters. The summed E-state index contributed by atoms with van der Waals surface area (Å²) in [5.74, 6) is 0.253. The Morgan fingerprint density at radius 3 is 2.53 bits per heavy atom. The number of carbonyl (C=O) groups is 1. The van der Waals surface area contributed by atoms with Crippen LogP contribution in [0.2, 0.25) is 0 Å². The summed E-state index contributed by atoms with van der Waals surface area (Å²) >= 11 is 0. The number of hydrogen-bond donors (Lipinski definition) is 0. The second kappa shape index (κ2) is 9.81. The molecule has 1 fully saturated rings. The monoisotopic (exact) mass is 541 g/mol. The fraction of sp³-hybridized carbons (Fsp3) is 0.538. The molecule has 0 spiro atoms. The molecule has 0 bridgehead atoms. The Morgan fingerprint density at radius 1 is 1.13 bits per heavy atom. The molecule has 0 radical (unpaired) electrons. The summed E-state index contributed by atoms with van der Waals surface area (Å²) in [5.41, 5.74) is 4.02. The largest absolute Gasteiger partial charge is 0.444 e. The zero-order valence-corrected chi connectivity index (χ0v) is 23.4. The average Bonchev–Trinajstić information content (AvgIpc) is 3.49. The van der Waals surface area contributed by atoms with E-state index in [0.717, 1.165) is 29.6 Å². The van der Waals surface area contributed by atoms with Crippen LogP contribution in [0.1, 0.15) is 62.8 Å². The molecule has 1 saturated heterocycles. The molecule has 5 rings (SSSR count). The van der Waals surface area contributed by atoms with Gasteiger partial charge >= 0.3 is 6.09 Å². The van der Waals surface area contributed by atoms with Gasteiger partial charge in [0.05, 0.1) is 11.9 Å². The van der Waals surface area contributed by atoms with E-state index >= 15 is 0 Å². The minimum absolute atomic E-state index is 0.218. The van der Waals surface area contributed by atoms with E-state index < -0.39 is 15.6 Å². The van der Waals surface area contributed by atoms with Crippen LogP contribution >= 0.6 is 0 Å². The first-order chi connectivity index (χ1) is 17.9. The Hall–Kier alpha value is -3.25. The van der Waals surface area contributed by atoms with E-state index in [1.807, 2.05) is 39.1 Å². The molecule has 5 heterocycles. The summed E-state index contributed by atoms with van der Waals surface area (Å²) in [6.07, 6.45) is 8.50. The smallest absolute Gasteiger partial charge is 0.410 e. The first kappa shape index (κ1) is 26.4. The quantitative estimate of drug-likeness (QED) is 0.497. The maximum Gasteiger partial charge on any atom is 0.410 e. The van der Waals surface area contributed by atoms with Crippen LogP contribution in [0.15, 0.2) is 35.8 Å². The molecule has 3 aromatic rings. The predicted molar refractivity (Wildman–Crippen MR) is 142 cm³/mol. The van der Waals surface area contributed by atoms with Gasteiger partial charge in [-0.1, -0.05) is 6.08 Å². The van der Waals surface area contributed by atoms with Gasteiger partial charge in [-0.15, -0.1) is 0 Å². The minimum atomic E-state index is -3.74. The van der Waals surface area contributed by atoms with Crippen molar-refractivity contribution >= 4 is 27.3 Å². The van der Waals surface area contributed by atoms with Crippen LogP contribution in [-0.4, -0.2) is 79.9 Å². The van der Waals surface area contributed by atoms with Crippen LogP contribution < -0.4 is 0 Å². The van der Waals surface area contributed by atoms with E-state index in [4.69, 9.17) is 4.74 Å². The third-order valence-electron chi connectivity index (χ3n) is 7.24. The van der Waals surface area contributed by atoms with E-state index in [-0.39, 0.29) is 16.9 Å². The lowest BCUT2D eigenvalue weighted by atomic mass is 9.89. The fourth-order valence-corrected chi connectivity index (χ4v) is 6.95. The van der Waals surface area contributed by atoms with Crippen molar-refractivity contribution in [2.75, 3.05) is 26.2 Å². The molecular weight excluding hydrogens is 506 g/mol. The van der Waals surface area contributed by atoms with Crippen molar-refractivity contribution in [1.29, 1.82) is 0 Å². The zero-order valence-electron chi connectivity index (χ0n) is 22.6. The Labute approximate surface area is 223 Å². The van der Waals surface area contributed by atoms with Crippen LogP contribution in [0.5, 0.6) is 0 Å². The van der Waals surface area contributed by atoms with Crippen molar-refractivity contribution in [2.24, 2.45) is 7.05 Å². The number of aromatic nitrogens is 5. The molecule has 11 nitrogen and oxygen atoms in total. The third-order valence-corrected chi connectivity index (χ3v) is 9.14. The maximum atomic E-state index is 13.8. The lowest BCUT2D eigenvalue weighted by Gasteiger charge is -2.32. The summed E-state index contributed by atoms with van der Waals surface area (Å²) in [4.78, 5) is 18.5. The van der Waals surface area contributed by atoms with Gasteiger partial charge in [0.15, 0.2) is 5.65 Å². The van der Waals surface area contributed by atoms with E-state index in [9.17, 15) is 13.2 Å². The lowest BCUT2D eigenvalue weighted by Crippen LogP contribution is -2.39. The molecule has 204 valence electrons. The number of aryl methyl sites for hydroxylation is 2. The number of pyridine rings is 1. The van der Waals surface area contributed by atoms with Crippen molar-refractivity contribution in [3.05, 3.63) is 47.7 Å². The standard InChI is InChI=1S/C26H35N7O4S/c1-18-14-23-27-17-29-33(23)16-21(18)19-8-12-32(13-9-19)38(35,36)22-15-28-30(5)24(22)20-6-10-31(11-7-20)25(34)37-26(2,3)4/h6,14-17,19H,7-13H2,1-5H3. The molecule has 3 aromatic heterocycles. The van der Waals surface area contributed by atoms with Crippen LogP contribution in [-0.2, 0) is 21.8 Å². The summed E-state index contributed by atoms with van der Waals surface area (Å²) in [5, 5.41) is 8.55. The summed E-state index contributed by atoms with van der Waals surface area (Å²) in [6, 6.07) is 2.02. The number of hydrogen-bond acceptors (Lipinski definition) is 7. The molecule has 38 heavy (non-hydrogen) atoms. The maximum absolute atomic E-state index is 13.8. The summed E-state index contributed by atoms with van der Waals surface area (Å²) < 4.78 is 38.0. The highest BCUT2D eigenvalue weighted by Gasteiger charge is 2.35. The van der Waals surface area contributed by atoms with Crippen LogP contribution in [0.3, 0.4) is 0 Å². The van der Waals surface area contributed by atoms with Gasteiger partial charge in [0.1, 0.15) is 16.8 Å². The number of ether oxygens (including phenoxy) is 1. The van der Waals surface area contributed by atoms with Crippen molar-refractivity contribution in [3.8, 4) is 0 Å². The molecular formula is C26H35N7O4S. The number of piperidine rings is 1. The second-order valence-corrected chi connectivity index (χ2v) is 12.9. The van der Waals surface area contributed by atoms with Gasteiger partial charge < -0.3 is 9.64 Å². The Balaban J connectivity index is 1.31. The Kier molecular flexibility index (Phi) is 6.80. The van der Waals surface area contributed by atoms with Gasteiger partial charge in [0.2, 0.25) is 10.0 Å². The van der Waals surface area contributed by atoms with Gasteiger partial charge in [0.25, 0.3) is 0 Å². The molecule has 0 aromatic carbocycles. The van der Waals surface area contributed by atoms with Crippen LogP contribution in [0.4, 0.5) is 4.79 Å². The molecule has 2 aliphatic heterocycles. The van der Waals surface area contributed by atoms with E-state index in [0.29, 0.717) is 38.3 Å². The SMILES string of the molecule is Cc1cc2ncnn2cc1C1CCN(S(=O)(=O)c2cnn(C)c2C2=CCN(C(=O)OC(C)(C)C)CC2)CC1. The highest BCUT2D eigenvalue weighted by atomic mass is 32.2. The van der Waals surface area contributed by atoms with Gasteiger partial charge in [-0.25, -0.2) is 22.7 Å². The number of nitrogens with zero attached hydrogens (tertiary/aromatic N) is 7. The topological polar surface area (TPSA) is 115 Å². The normalized spacial score (nSPS) is 18.1. The molecule has 1 amide bonds. The first-order valence-electron chi connectivity index (χ1n) is 12.9. The van der Waals surface area contributed by atoms with E-state index in [1.54, 1.807) is 25.4 Å². The second-order valence-electron chi connectivity index (χ2n) is 11.0. The average molecular weight is 542 g/mol. The lowest BCUT2D eigenvalue weighted by molar-refractivity contribution is 0.0270. The van der Waals surface area contributed by atoms with E-state index in [1.165, 1.54) is 18.1 Å². The number of fused-ring (bicyclic) bond motifs is 1. The zero-order chi connectivity index (χ0) is 27.2. The number of sulfonamides is 1. The predicted octanol–water partition coefficient (Wildman–Crippen LogP) is 3.36. The highest BCUT2D eigenvalue weighted by Crippen LogP contribution is 2.35. The highest BCUT2D eigenvalue weighted by molar-refractivity contribution is 7.89. The van der Waals surface area contributed by atoms with Gasteiger partial charge in [-0.3, -0.25) is 4.68 Å². The van der Waals surface area contributed by atoms with Gasteiger partial charge in [-0.05, 0) is 75.6 Å². The van der Waals surface area contributed by atoms with Crippen molar-refractivity contribution in [1.82, 2.24) is 33.6 Å². The van der Waals surface area contributed by atoms with Gasteiger partial charge in [-0.2, -0.15) is 14.5 Å². The van der Waals surface area contributed by atoms with Crippen molar-refractivity contribution in [3.63, 3.8) is 0 Å². The third kappa shape index (κ3) is 5.06. The molecule has 0 saturated carbocycles. The number of carbonyl (C=O) groups excluding carboxylic acids is 1. The van der Waals surface area contributed by atoms with Crippen LogP contribution in [0, 0.1) is 6.92 Å². The van der Waals surface area contributed by atoms with Crippen molar-refractivity contribution < 1.29 is 17.9 Å². The van der Waals surface area contributed by atoms with Crippen molar-refractivity contribution in [2.45, 2.75) is 63.4 Å². The molecule has 2 aliphatic rings. The Bertz CT molecular complexity index is 1490. The molecule has 0 N–H and O–H groups in total. The molecule has 0 aliphatic carbocycles. The van der Waals surface area contributed by atoms with E-state index in [2.05, 4.69) is 22.1 Å². The van der Waals surface area contributed by atoms with Gasteiger partial charge in [0, 0.05) is 39.4 Å².